The van der Waals surface area contributed by atoms with E-state index in [0.717, 1.165) is 16.2 Å². The molecule has 0 bridgehead atoms. The maximum absolute atomic E-state index is 12.7. The highest BCUT2D eigenvalue weighted by Crippen LogP contribution is 2.26. The van der Waals surface area contributed by atoms with Gasteiger partial charge in [0, 0.05) is 4.88 Å². The van der Waals surface area contributed by atoms with E-state index in [1.54, 1.807) is 32.3 Å². The van der Waals surface area contributed by atoms with Gasteiger partial charge in [-0.1, -0.05) is 18.2 Å². The van der Waals surface area contributed by atoms with Crippen LogP contribution in [0.25, 0.3) is 0 Å². The number of rotatable bonds is 6. The largest absolute Gasteiger partial charge is 0.497 e. The molecule has 5 heteroatoms. The number of amides is 1. The average Bonchev–Trinajstić information content (AvgIpc) is 3.05. The zero-order valence-electron chi connectivity index (χ0n) is 13.5. The second-order valence-corrected chi connectivity index (χ2v) is 6.87. The average molecular weight is 328 g/mol. The molecular weight excluding hydrogens is 308 g/mol. The maximum atomic E-state index is 12.7. The van der Waals surface area contributed by atoms with E-state index in [4.69, 9.17) is 10.00 Å². The Labute approximate surface area is 140 Å². The van der Waals surface area contributed by atoms with Crippen LogP contribution in [0.5, 0.6) is 5.75 Å². The predicted octanol–water partition coefficient (Wildman–Crippen LogP) is 3.50. The monoisotopic (exact) mass is 328 g/mol. The van der Waals surface area contributed by atoms with Crippen molar-refractivity contribution in [3.8, 4) is 11.8 Å². The van der Waals surface area contributed by atoms with Crippen molar-refractivity contribution in [2.75, 3.05) is 7.11 Å². The molecule has 1 aromatic heterocycles. The fourth-order valence-electron chi connectivity index (χ4n) is 2.25. The Bertz CT molecular complexity index is 685. The summed E-state index contributed by atoms with van der Waals surface area (Å²) in [4.78, 5) is 13.8. The molecule has 120 valence electrons. The lowest BCUT2D eigenvalue weighted by atomic mass is 9.92. The molecule has 1 amide bonds. The predicted molar refractivity (Wildman–Crippen MR) is 91.6 cm³/mol. The second kappa shape index (κ2) is 7.30. The first-order valence-corrected chi connectivity index (χ1v) is 8.23. The SMILES string of the molecule is COc1ccc(C(Cc2cccs2)C(=O)NC(C)(C)C#N)cc1. The zero-order valence-corrected chi connectivity index (χ0v) is 14.3. The zero-order chi connectivity index (χ0) is 16.9. The van der Waals surface area contributed by atoms with Crippen LogP contribution in [0.1, 0.15) is 30.2 Å². The van der Waals surface area contributed by atoms with E-state index in [1.165, 1.54) is 0 Å². The summed E-state index contributed by atoms with van der Waals surface area (Å²) in [6.07, 6.45) is 0.608. The lowest BCUT2D eigenvalue weighted by molar-refractivity contribution is -0.123. The van der Waals surface area contributed by atoms with Gasteiger partial charge < -0.3 is 10.1 Å². The Morgan fingerprint density at radius 3 is 2.57 bits per heavy atom. The molecule has 0 fully saturated rings. The molecule has 23 heavy (non-hydrogen) atoms. The van der Waals surface area contributed by atoms with Crippen LogP contribution < -0.4 is 10.1 Å². The highest BCUT2D eigenvalue weighted by molar-refractivity contribution is 7.09. The topological polar surface area (TPSA) is 62.1 Å². The Morgan fingerprint density at radius 1 is 1.35 bits per heavy atom. The number of nitriles is 1. The van der Waals surface area contributed by atoms with Gasteiger partial charge in [-0.15, -0.1) is 11.3 Å². The van der Waals surface area contributed by atoms with Crippen LogP contribution in [0, 0.1) is 11.3 Å². The maximum Gasteiger partial charge on any atom is 0.229 e. The standard InChI is InChI=1S/C18H20N2O2S/c1-18(2,12-19)20-17(21)16(11-15-5-4-10-23-15)13-6-8-14(22-3)9-7-13/h4-10,16H,11H2,1-3H3,(H,20,21). The molecule has 1 heterocycles. The Kier molecular flexibility index (Phi) is 5.41. The van der Waals surface area contributed by atoms with Crippen molar-refractivity contribution in [3.05, 3.63) is 52.2 Å². The van der Waals surface area contributed by atoms with Gasteiger partial charge in [0.25, 0.3) is 0 Å². The molecule has 1 unspecified atom stereocenters. The Hall–Kier alpha value is -2.32. The number of carbonyl (C=O) groups is 1. The molecule has 4 nitrogen and oxygen atoms in total. The van der Waals surface area contributed by atoms with E-state index in [2.05, 4.69) is 11.4 Å². The van der Waals surface area contributed by atoms with Gasteiger partial charge in [0.1, 0.15) is 11.3 Å². The second-order valence-electron chi connectivity index (χ2n) is 5.84. The van der Waals surface area contributed by atoms with Crippen molar-refractivity contribution in [1.29, 1.82) is 5.26 Å². The van der Waals surface area contributed by atoms with Crippen molar-refractivity contribution in [1.82, 2.24) is 5.32 Å². The minimum atomic E-state index is -0.892. The summed E-state index contributed by atoms with van der Waals surface area (Å²) in [6, 6.07) is 13.6. The molecule has 1 atom stereocenters. The summed E-state index contributed by atoms with van der Waals surface area (Å²) in [6.45, 7) is 3.39. The van der Waals surface area contributed by atoms with Crippen LogP contribution in [0.3, 0.4) is 0 Å². The lowest BCUT2D eigenvalue weighted by Crippen LogP contribution is -2.44. The van der Waals surface area contributed by atoms with E-state index in [0.29, 0.717) is 6.42 Å². The molecule has 0 radical (unpaired) electrons. The van der Waals surface area contributed by atoms with Crippen molar-refractivity contribution >= 4 is 17.2 Å². The van der Waals surface area contributed by atoms with Gasteiger partial charge in [0.2, 0.25) is 5.91 Å². The smallest absolute Gasteiger partial charge is 0.229 e. The number of hydrogen-bond donors (Lipinski definition) is 1. The summed E-state index contributed by atoms with van der Waals surface area (Å²) >= 11 is 1.63. The number of nitrogens with zero attached hydrogens (tertiary/aromatic N) is 1. The van der Waals surface area contributed by atoms with E-state index in [9.17, 15) is 4.79 Å². The van der Waals surface area contributed by atoms with E-state index >= 15 is 0 Å². The molecule has 0 aliphatic rings. The molecular formula is C18H20N2O2S. The number of benzene rings is 1. The normalized spacial score (nSPS) is 12.3. The number of hydrogen-bond acceptors (Lipinski definition) is 4. The molecule has 2 aromatic rings. The van der Waals surface area contributed by atoms with Crippen LogP contribution in [0.15, 0.2) is 41.8 Å². The lowest BCUT2D eigenvalue weighted by Gasteiger charge is -2.23. The van der Waals surface area contributed by atoms with Crippen LogP contribution in [-0.2, 0) is 11.2 Å². The van der Waals surface area contributed by atoms with E-state index in [-0.39, 0.29) is 11.8 Å². The van der Waals surface area contributed by atoms with Crippen LogP contribution >= 0.6 is 11.3 Å². The molecule has 0 spiro atoms. The van der Waals surface area contributed by atoms with Gasteiger partial charge in [0.15, 0.2) is 0 Å². The van der Waals surface area contributed by atoms with Crippen molar-refractivity contribution in [2.45, 2.75) is 31.7 Å². The molecule has 0 aliphatic heterocycles. The number of nitrogens with one attached hydrogen (secondary N) is 1. The highest BCUT2D eigenvalue weighted by atomic mass is 32.1. The quantitative estimate of drug-likeness (QED) is 0.883. The summed E-state index contributed by atoms with van der Waals surface area (Å²) in [5.74, 6) is 0.267. The summed E-state index contributed by atoms with van der Waals surface area (Å²) in [5, 5.41) is 14.0. The number of carbonyl (C=O) groups excluding carboxylic acids is 1. The van der Waals surface area contributed by atoms with Gasteiger partial charge in [-0.25, -0.2) is 0 Å². The number of methoxy groups -OCH3 is 1. The molecule has 0 saturated carbocycles. The first kappa shape index (κ1) is 17.0. The van der Waals surface area contributed by atoms with Gasteiger partial charge in [0.05, 0.1) is 19.1 Å². The third-order valence-electron chi connectivity index (χ3n) is 3.54. The van der Waals surface area contributed by atoms with Crippen molar-refractivity contribution in [2.24, 2.45) is 0 Å². The minimum Gasteiger partial charge on any atom is -0.497 e. The summed E-state index contributed by atoms with van der Waals surface area (Å²) < 4.78 is 5.17. The fourth-order valence-corrected chi connectivity index (χ4v) is 3.00. The van der Waals surface area contributed by atoms with Crippen molar-refractivity contribution < 1.29 is 9.53 Å². The summed E-state index contributed by atoms with van der Waals surface area (Å²) in [7, 11) is 1.61. The summed E-state index contributed by atoms with van der Waals surface area (Å²) in [5.41, 5.74) is 0.0162. The fraction of sp³-hybridized carbons (Fsp3) is 0.333. The van der Waals surface area contributed by atoms with Gasteiger partial charge in [-0.3, -0.25) is 4.79 Å². The number of ether oxygens (including phenoxy) is 1. The van der Waals surface area contributed by atoms with Crippen LogP contribution in [0.4, 0.5) is 0 Å². The van der Waals surface area contributed by atoms with Crippen molar-refractivity contribution in [3.63, 3.8) is 0 Å². The third-order valence-corrected chi connectivity index (χ3v) is 4.43. The van der Waals surface area contributed by atoms with Gasteiger partial charge in [-0.2, -0.15) is 5.26 Å². The Balaban J connectivity index is 2.27. The molecule has 0 aliphatic carbocycles. The van der Waals surface area contributed by atoms with Gasteiger partial charge in [-0.05, 0) is 49.4 Å². The first-order valence-electron chi connectivity index (χ1n) is 7.35. The third kappa shape index (κ3) is 4.57. The molecule has 2 rings (SSSR count). The minimum absolute atomic E-state index is 0.143. The first-order chi connectivity index (χ1) is 10.9. The van der Waals surface area contributed by atoms with Crippen LogP contribution in [-0.4, -0.2) is 18.6 Å². The Morgan fingerprint density at radius 2 is 2.04 bits per heavy atom. The number of thiophene rings is 1. The van der Waals surface area contributed by atoms with E-state index in [1.807, 2.05) is 41.8 Å². The highest BCUT2D eigenvalue weighted by Gasteiger charge is 2.27. The molecule has 1 aromatic carbocycles. The molecule has 1 N–H and O–H groups in total. The van der Waals surface area contributed by atoms with E-state index < -0.39 is 5.54 Å². The molecule has 0 saturated heterocycles. The van der Waals surface area contributed by atoms with Crippen LogP contribution in [0.2, 0.25) is 0 Å². The van der Waals surface area contributed by atoms with Gasteiger partial charge >= 0.3 is 0 Å².